The maximum Gasteiger partial charge on any atom is 0.0534 e. The van der Waals surface area contributed by atoms with E-state index in [4.69, 9.17) is 0 Å². The monoisotopic (exact) mass is 283 g/mol. The van der Waals surface area contributed by atoms with E-state index in [1.165, 1.54) is 11.1 Å². The van der Waals surface area contributed by atoms with Crippen molar-refractivity contribution in [3.05, 3.63) is 35.9 Å². The van der Waals surface area contributed by atoms with E-state index in [2.05, 4.69) is 48.7 Å². The van der Waals surface area contributed by atoms with Gasteiger partial charge < -0.3 is 5.32 Å². The van der Waals surface area contributed by atoms with Gasteiger partial charge in [0, 0.05) is 49.2 Å². The molecule has 2 heterocycles. The lowest BCUT2D eigenvalue weighted by atomic mass is 10.3. The van der Waals surface area contributed by atoms with Gasteiger partial charge in [0.2, 0.25) is 0 Å². The van der Waals surface area contributed by atoms with Gasteiger partial charge in [-0.2, -0.15) is 10.2 Å². The first-order chi connectivity index (χ1) is 8.69. The number of nitrogens with zero attached hydrogens (tertiary/aromatic N) is 4. The van der Waals surface area contributed by atoms with E-state index in [0.29, 0.717) is 6.04 Å². The minimum atomic E-state index is 0. The molecule has 19 heavy (non-hydrogen) atoms. The van der Waals surface area contributed by atoms with Crippen LogP contribution in [0.2, 0.25) is 0 Å². The number of hydrogen-bond donors (Lipinski definition) is 1. The number of halogens is 1. The van der Waals surface area contributed by atoms with Crippen LogP contribution in [0.3, 0.4) is 0 Å². The Bertz CT molecular complexity index is 489. The number of hydrogen-bond acceptors (Lipinski definition) is 3. The van der Waals surface area contributed by atoms with Crippen LogP contribution in [-0.4, -0.2) is 19.6 Å². The zero-order valence-corrected chi connectivity index (χ0v) is 12.5. The molecule has 106 valence electrons. The molecule has 6 heteroatoms. The highest BCUT2D eigenvalue weighted by atomic mass is 35.5. The van der Waals surface area contributed by atoms with Gasteiger partial charge >= 0.3 is 0 Å². The molecule has 2 aromatic rings. The summed E-state index contributed by atoms with van der Waals surface area (Å²) in [4.78, 5) is 0. The minimum Gasteiger partial charge on any atom is -0.308 e. The summed E-state index contributed by atoms with van der Waals surface area (Å²) in [7, 11) is 0. The van der Waals surface area contributed by atoms with E-state index in [-0.39, 0.29) is 12.4 Å². The summed E-state index contributed by atoms with van der Waals surface area (Å²) in [5.41, 5.74) is 2.43. The van der Waals surface area contributed by atoms with Crippen LogP contribution in [0.5, 0.6) is 0 Å². The molecule has 0 saturated carbocycles. The summed E-state index contributed by atoms with van der Waals surface area (Å²) in [6.07, 6.45) is 7.99. The summed E-state index contributed by atoms with van der Waals surface area (Å²) in [5, 5.41) is 12.0. The normalized spacial score (nSPS) is 10.7. The van der Waals surface area contributed by atoms with E-state index < -0.39 is 0 Å². The Morgan fingerprint density at radius 3 is 2.26 bits per heavy atom. The van der Waals surface area contributed by atoms with Crippen molar-refractivity contribution in [2.45, 2.75) is 46.4 Å². The Morgan fingerprint density at radius 1 is 1.11 bits per heavy atom. The van der Waals surface area contributed by atoms with Gasteiger partial charge in [-0.3, -0.25) is 9.36 Å². The zero-order chi connectivity index (χ0) is 13.0. The van der Waals surface area contributed by atoms with Crippen LogP contribution >= 0.6 is 12.4 Å². The fourth-order valence-corrected chi connectivity index (χ4v) is 1.77. The van der Waals surface area contributed by atoms with E-state index >= 15 is 0 Å². The molecule has 2 rings (SSSR count). The lowest BCUT2D eigenvalue weighted by molar-refractivity contribution is 0.531. The van der Waals surface area contributed by atoms with E-state index in [1.807, 2.05) is 21.8 Å². The van der Waals surface area contributed by atoms with E-state index in [0.717, 1.165) is 19.6 Å². The van der Waals surface area contributed by atoms with Crippen molar-refractivity contribution in [3.63, 3.8) is 0 Å². The molecule has 0 spiro atoms. The molecule has 0 radical (unpaired) electrons. The lowest BCUT2D eigenvalue weighted by Crippen LogP contribution is -2.11. The molecule has 1 N–H and O–H groups in total. The Kier molecular flexibility index (Phi) is 6.05. The van der Waals surface area contributed by atoms with E-state index in [1.54, 1.807) is 0 Å². The van der Waals surface area contributed by atoms with Crippen LogP contribution in [0.25, 0.3) is 0 Å². The second-order valence-corrected chi connectivity index (χ2v) is 4.73. The molecule has 0 aliphatic rings. The van der Waals surface area contributed by atoms with Gasteiger partial charge in [-0.25, -0.2) is 0 Å². The Balaban J connectivity index is 0.00000180. The Morgan fingerprint density at radius 2 is 1.74 bits per heavy atom. The Hall–Kier alpha value is -1.33. The molecule has 0 amide bonds. The van der Waals surface area contributed by atoms with Gasteiger partial charge in [0.25, 0.3) is 0 Å². The lowest BCUT2D eigenvalue weighted by Gasteiger charge is -2.03. The van der Waals surface area contributed by atoms with Gasteiger partial charge in [0.15, 0.2) is 0 Å². The third-order valence-electron chi connectivity index (χ3n) is 2.85. The van der Waals surface area contributed by atoms with Crippen molar-refractivity contribution in [1.82, 2.24) is 24.9 Å². The predicted molar refractivity (Wildman–Crippen MR) is 78.3 cm³/mol. The molecular formula is C13H22ClN5. The van der Waals surface area contributed by atoms with Crippen molar-refractivity contribution >= 4 is 12.4 Å². The molecule has 5 nitrogen and oxygen atoms in total. The highest BCUT2D eigenvalue weighted by Gasteiger charge is 2.02. The minimum absolute atomic E-state index is 0. The van der Waals surface area contributed by atoms with Crippen LogP contribution < -0.4 is 5.32 Å². The number of nitrogens with one attached hydrogen (secondary N) is 1. The highest BCUT2D eigenvalue weighted by molar-refractivity contribution is 5.85. The van der Waals surface area contributed by atoms with Crippen molar-refractivity contribution in [2.24, 2.45) is 0 Å². The molecule has 0 atom stereocenters. The molecule has 0 aliphatic heterocycles. The third kappa shape index (κ3) is 4.36. The molecule has 0 aromatic carbocycles. The second-order valence-electron chi connectivity index (χ2n) is 4.73. The molecule has 0 bridgehead atoms. The third-order valence-corrected chi connectivity index (χ3v) is 2.85. The number of aromatic nitrogens is 4. The van der Waals surface area contributed by atoms with Gasteiger partial charge in [0.1, 0.15) is 0 Å². The van der Waals surface area contributed by atoms with Crippen LogP contribution in [0, 0.1) is 0 Å². The molecule has 2 aromatic heterocycles. The maximum atomic E-state index is 4.32. The topological polar surface area (TPSA) is 47.7 Å². The average Bonchev–Trinajstić information content (AvgIpc) is 2.97. The summed E-state index contributed by atoms with van der Waals surface area (Å²) in [6, 6.07) is 0.418. The van der Waals surface area contributed by atoms with Crippen LogP contribution in [0.4, 0.5) is 0 Å². The fraction of sp³-hybridized carbons (Fsp3) is 0.538. The van der Waals surface area contributed by atoms with Crippen molar-refractivity contribution in [2.75, 3.05) is 0 Å². The fourth-order valence-electron chi connectivity index (χ4n) is 1.77. The van der Waals surface area contributed by atoms with E-state index in [9.17, 15) is 0 Å². The van der Waals surface area contributed by atoms with Crippen molar-refractivity contribution < 1.29 is 0 Å². The molecule has 0 aliphatic carbocycles. The Labute approximate surface area is 120 Å². The first-order valence-electron chi connectivity index (χ1n) is 6.44. The van der Waals surface area contributed by atoms with Crippen LogP contribution in [0.1, 0.15) is 37.9 Å². The average molecular weight is 284 g/mol. The number of aryl methyl sites for hydroxylation is 1. The smallest absolute Gasteiger partial charge is 0.0534 e. The molecular weight excluding hydrogens is 262 g/mol. The predicted octanol–water partition coefficient (Wildman–Crippen LogP) is 2.39. The second kappa shape index (κ2) is 7.31. The largest absolute Gasteiger partial charge is 0.308 e. The summed E-state index contributed by atoms with van der Waals surface area (Å²) in [6.45, 7) is 8.94. The quantitative estimate of drug-likeness (QED) is 0.885. The standard InChI is InChI=1S/C13H21N5.ClH/c1-4-17-9-12(7-15-17)5-14-6-13-8-16-18(10-13)11(2)3;/h7-11,14H,4-6H2,1-3H3;1H. The number of rotatable bonds is 6. The van der Waals surface area contributed by atoms with Crippen LogP contribution in [0.15, 0.2) is 24.8 Å². The first kappa shape index (κ1) is 15.7. The molecule has 0 saturated heterocycles. The van der Waals surface area contributed by atoms with Gasteiger partial charge in [-0.1, -0.05) is 0 Å². The summed E-state index contributed by atoms with van der Waals surface area (Å²) >= 11 is 0. The maximum absolute atomic E-state index is 4.32. The van der Waals surface area contributed by atoms with Crippen molar-refractivity contribution in [3.8, 4) is 0 Å². The molecule has 0 unspecified atom stereocenters. The molecule has 0 fully saturated rings. The summed E-state index contributed by atoms with van der Waals surface area (Å²) in [5.74, 6) is 0. The first-order valence-corrected chi connectivity index (χ1v) is 6.44. The van der Waals surface area contributed by atoms with Crippen molar-refractivity contribution in [1.29, 1.82) is 0 Å². The highest BCUT2D eigenvalue weighted by Crippen LogP contribution is 2.05. The van der Waals surface area contributed by atoms with Gasteiger partial charge in [-0.05, 0) is 20.8 Å². The van der Waals surface area contributed by atoms with Gasteiger partial charge in [0.05, 0.1) is 12.4 Å². The zero-order valence-electron chi connectivity index (χ0n) is 11.7. The van der Waals surface area contributed by atoms with Gasteiger partial charge in [-0.15, -0.1) is 12.4 Å². The van der Waals surface area contributed by atoms with Crippen LogP contribution in [-0.2, 0) is 19.6 Å². The SMILES string of the molecule is CCn1cc(CNCc2cnn(C(C)C)c2)cn1.Cl. The summed E-state index contributed by atoms with van der Waals surface area (Å²) < 4.78 is 3.92.